The largest absolute Gasteiger partial charge is 0.324 e. The maximum Gasteiger partial charge on any atom is 0.258 e. The fourth-order valence-corrected chi connectivity index (χ4v) is 2.33. The highest BCUT2D eigenvalue weighted by molar-refractivity contribution is 6.30. The van der Waals surface area contributed by atoms with Crippen molar-refractivity contribution in [3.05, 3.63) is 76.6 Å². The molecule has 0 aliphatic heterocycles. The minimum Gasteiger partial charge on any atom is -0.324 e. The zero-order valence-corrected chi connectivity index (χ0v) is 14.3. The number of nitrogens with one attached hydrogen (secondary N) is 2. The van der Waals surface area contributed by atoms with Crippen LogP contribution in [0.15, 0.2) is 48.8 Å². The SMILES string of the molecule is Cc1ccc(Cl)cc1Nc1ncc(C(=O)Nc2c(F)cccc2F)cn1. The molecule has 0 radical (unpaired) electrons. The van der Waals surface area contributed by atoms with Crippen molar-refractivity contribution >= 4 is 34.8 Å². The van der Waals surface area contributed by atoms with Gasteiger partial charge in [0.25, 0.3) is 5.91 Å². The van der Waals surface area contributed by atoms with Crippen molar-refractivity contribution in [3.63, 3.8) is 0 Å². The smallest absolute Gasteiger partial charge is 0.258 e. The zero-order valence-electron chi connectivity index (χ0n) is 13.6. The van der Waals surface area contributed by atoms with Crippen LogP contribution < -0.4 is 10.6 Å². The molecule has 0 spiro atoms. The quantitative estimate of drug-likeness (QED) is 0.694. The van der Waals surface area contributed by atoms with E-state index in [0.29, 0.717) is 5.02 Å². The van der Waals surface area contributed by atoms with Gasteiger partial charge in [-0.1, -0.05) is 23.7 Å². The molecule has 26 heavy (non-hydrogen) atoms. The van der Waals surface area contributed by atoms with Gasteiger partial charge in [-0.15, -0.1) is 0 Å². The van der Waals surface area contributed by atoms with Crippen molar-refractivity contribution in [2.24, 2.45) is 0 Å². The molecule has 2 N–H and O–H groups in total. The Morgan fingerprint density at radius 1 is 1.08 bits per heavy atom. The maximum atomic E-state index is 13.6. The zero-order chi connectivity index (χ0) is 18.7. The van der Waals surface area contributed by atoms with Crippen LogP contribution in [0, 0.1) is 18.6 Å². The number of anilines is 3. The van der Waals surface area contributed by atoms with E-state index < -0.39 is 23.2 Å². The summed E-state index contributed by atoms with van der Waals surface area (Å²) in [6, 6.07) is 8.64. The Kier molecular flexibility index (Phi) is 5.09. The average molecular weight is 375 g/mol. The minimum atomic E-state index is -0.867. The lowest BCUT2D eigenvalue weighted by atomic mass is 10.2. The highest BCUT2D eigenvalue weighted by Crippen LogP contribution is 2.23. The number of nitrogens with zero attached hydrogens (tertiary/aromatic N) is 2. The number of hydrogen-bond donors (Lipinski definition) is 2. The number of carbonyl (C=O) groups is 1. The molecule has 0 aliphatic carbocycles. The molecule has 0 bridgehead atoms. The highest BCUT2D eigenvalue weighted by atomic mass is 35.5. The Morgan fingerprint density at radius 3 is 2.38 bits per heavy atom. The summed E-state index contributed by atoms with van der Waals surface area (Å²) in [4.78, 5) is 20.2. The van der Waals surface area contributed by atoms with Crippen molar-refractivity contribution in [3.8, 4) is 0 Å². The van der Waals surface area contributed by atoms with E-state index in [0.717, 1.165) is 23.4 Å². The molecule has 0 saturated carbocycles. The number of rotatable bonds is 4. The molecule has 3 aromatic rings. The Bertz CT molecular complexity index is 944. The van der Waals surface area contributed by atoms with Crippen molar-refractivity contribution in [2.45, 2.75) is 6.92 Å². The number of hydrogen-bond acceptors (Lipinski definition) is 4. The van der Waals surface area contributed by atoms with E-state index in [1.807, 2.05) is 13.0 Å². The monoisotopic (exact) mass is 374 g/mol. The van der Waals surface area contributed by atoms with Gasteiger partial charge in [0.1, 0.15) is 17.3 Å². The fraction of sp³-hybridized carbons (Fsp3) is 0.0556. The van der Waals surface area contributed by atoms with Crippen LogP contribution in [0.2, 0.25) is 5.02 Å². The summed E-state index contributed by atoms with van der Waals surface area (Å²) in [7, 11) is 0. The average Bonchev–Trinajstić information content (AvgIpc) is 2.62. The van der Waals surface area contributed by atoms with Crippen LogP contribution >= 0.6 is 11.6 Å². The highest BCUT2D eigenvalue weighted by Gasteiger charge is 2.14. The Labute approximate surface area is 153 Å². The number of aryl methyl sites for hydroxylation is 1. The second-order valence-corrected chi connectivity index (χ2v) is 5.87. The van der Waals surface area contributed by atoms with Gasteiger partial charge in [0, 0.05) is 23.1 Å². The molecular weight excluding hydrogens is 362 g/mol. The van der Waals surface area contributed by atoms with E-state index >= 15 is 0 Å². The van der Waals surface area contributed by atoms with Gasteiger partial charge in [-0.2, -0.15) is 0 Å². The topological polar surface area (TPSA) is 66.9 Å². The summed E-state index contributed by atoms with van der Waals surface area (Å²) >= 11 is 5.96. The molecular formula is C18H13ClF2N4O. The maximum absolute atomic E-state index is 13.6. The van der Waals surface area contributed by atoms with Gasteiger partial charge in [0.15, 0.2) is 0 Å². The van der Waals surface area contributed by atoms with Crippen LogP contribution in [0.1, 0.15) is 15.9 Å². The summed E-state index contributed by atoms with van der Waals surface area (Å²) in [5, 5.41) is 5.72. The normalized spacial score (nSPS) is 10.5. The van der Waals surface area contributed by atoms with Crippen molar-refractivity contribution < 1.29 is 13.6 Å². The number of carbonyl (C=O) groups excluding carboxylic acids is 1. The standard InChI is InChI=1S/C18H13ClF2N4O/c1-10-5-6-12(19)7-15(10)24-18-22-8-11(9-23-18)17(26)25-16-13(20)3-2-4-14(16)21/h2-9H,1H3,(H,25,26)(H,22,23,24). The van der Waals surface area contributed by atoms with Crippen LogP contribution in [-0.4, -0.2) is 15.9 Å². The number of amides is 1. The van der Waals surface area contributed by atoms with Crippen LogP contribution in [0.25, 0.3) is 0 Å². The number of halogens is 3. The Balaban J connectivity index is 1.75. The molecule has 1 amide bonds. The summed E-state index contributed by atoms with van der Waals surface area (Å²) in [6.07, 6.45) is 2.51. The molecule has 0 aliphatic rings. The molecule has 1 aromatic heterocycles. The van der Waals surface area contributed by atoms with Gasteiger partial charge in [-0.05, 0) is 36.8 Å². The van der Waals surface area contributed by atoms with Crippen molar-refractivity contribution in [1.29, 1.82) is 0 Å². The van der Waals surface area contributed by atoms with Gasteiger partial charge in [-0.25, -0.2) is 18.7 Å². The predicted molar refractivity (Wildman–Crippen MR) is 95.8 cm³/mol. The molecule has 3 rings (SSSR count). The predicted octanol–water partition coefficient (Wildman–Crippen LogP) is 4.71. The van der Waals surface area contributed by atoms with E-state index in [-0.39, 0.29) is 11.5 Å². The first-order chi connectivity index (χ1) is 12.4. The fourth-order valence-electron chi connectivity index (χ4n) is 2.16. The van der Waals surface area contributed by atoms with Crippen LogP contribution in [0.4, 0.5) is 26.1 Å². The lowest BCUT2D eigenvalue weighted by Gasteiger charge is -2.09. The van der Waals surface area contributed by atoms with Gasteiger partial charge < -0.3 is 10.6 Å². The molecule has 0 saturated heterocycles. The summed E-state index contributed by atoms with van der Waals surface area (Å²) in [6.45, 7) is 1.89. The van der Waals surface area contributed by atoms with Gasteiger partial charge in [-0.3, -0.25) is 4.79 Å². The molecule has 8 heteroatoms. The molecule has 2 aromatic carbocycles. The van der Waals surface area contributed by atoms with Gasteiger partial charge >= 0.3 is 0 Å². The first kappa shape index (κ1) is 17.8. The van der Waals surface area contributed by atoms with E-state index in [4.69, 9.17) is 11.6 Å². The second kappa shape index (κ2) is 7.45. The van der Waals surface area contributed by atoms with Crippen LogP contribution in [0.5, 0.6) is 0 Å². The summed E-state index contributed by atoms with van der Waals surface area (Å²) in [5.41, 5.74) is 1.20. The van der Waals surface area contributed by atoms with Crippen molar-refractivity contribution in [2.75, 3.05) is 10.6 Å². The molecule has 132 valence electrons. The lowest BCUT2D eigenvalue weighted by molar-refractivity contribution is 0.102. The minimum absolute atomic E-state index is 0.0565. The number of benzene rings is 2. The first-order valence-corrected chi connectivity index (χ1v) is 7.92. The van der Waals surface area contributed by atoms with E-state index in [1.165, 1.54) is 18.5 Å². The van der Waals surface area contributed by atoms with E-state index in [1.54, 1.807) is 12.1 Å². The summed E-state index contributed by atoms with van der Waals surface area (Å²) < 4.78 is 27.2. The lowest BCUT2D eigenvalue weighted by Crippen LogP contribution is -2.15. The third-order valence-electron chi connectivity index (χ3n) is 3.56. The number of aromatic nitrogens is 2. The molecule has 0 fully saturated rings. The van der Waals surface area contributed by atoms with Gasteiger partial charge in [0.2, 0.25) is 5.95 Å². The molecule has 0 atom stereocenters. The second-order valence-electron chi connectivity index (χ2n) is 5.43. The molecule has 0 unspecified atom stereocenters. The number of para-hydroxylation sites is 1. The van der Waals surface area contributed by atoms with Gasteiger partial charge in [0.05, 0.1) is 5.56 Å². The third-order valence-corrected chi connectivity index (χ3v) is 3.80. The Morgan fingerprint density at radius 2 is 1.73 bits per heavy atom. The Hall–Kier alpha value is -3.06. The van der Waals surface area contributed by atoms with E-state index in [9.17, 15) is 13.6 Å². The summed E-state index contributed by atoms with van der Waals surface area (Å²) in [5.74, 6) is -2.20. The van der Waals surface area contributed by atoms with Crippen LogP contribution in [0.3, 0.4) is 0 Å². The first-order valence-electron chi connectivity index (χ1n) is 7.54. The van der Waals surface area contributed by atoms with Crippen LogP contribution in [-0.2, 0) is 0 Å². The third kappa shape index (κ3) is 3.94. The molecule has 5 nitrogen and oxygen atoms in total. The molecule has 1 heterocycles. The van der Waals surface area contributed by atoms with Crippen molar-refractivity contribution in [1.82, 2.24) is 9.97 Å². The van der Waals surface area contributed by atoms with E-state index in [2.05, 4.69) is 20.6 Å².